The Morgan fingerprint density at radius 3 is 2.76 bits per heavy atom. The van der Waals surface area contributed by atoms with Crippen LogP contribution in [0.15, 0.2) is 4.99 Å². The fourth-order valence-corrected chi connectivity index (χ4v) is 1.78. The standard InChI is InChI=1S/C11H21N7O3/c12-3-1-2-6(13)4-8(19)16-7-5-15-11(17-9(7)20)18-10(14)21/h6-7H,1-5,12-13H2,(H,16,19)(H4,14,15,17,18,20,21). The number of rotatable bonds is 6. The molecule has 118 valence electrons. The van der Waals surface area contributed by atoms with Gasteiger partial charge in [0.25, 0.3) is 5.91 Å². The average Bonchev–Trinajstić information content (AvgIpc) is 2.39. The monoisotopic (exact) mass is 299 g/mol. The fraction of sp³-hybridized carbons (Fsp3) is 0.636. The SMILES string of the molecule is NCCCC(N)CC(=O)NC1CN=C(NC(N)=O)NC1=O. The molecule has 0 bridgehead atoms. The number of amides is 4. The number of nitrogens with one attached hydrogen (secondary N) is 3. The topological polar surface area (TPSA) is 178 Å². The molecule has 0 aromatic rings. The summed E-state index contributed by atoms with van der Waals surface area (Å²) in [5, 5.41) is 7.02. The van der Waals surface area contributed by atoms with E-state index in [1.165, 1.54) is 0 Å². The highest BCUT2D eigenvalue weighted by molar-refractivity contribution is 6.07. The highest BCUT2D eigenvalue weighted by Crippen LogP contribution is 2.00. The summed E-state index contributed by atoms with van der Waals surface area (Å²) in [4.78, 5) is 38.0. The van der Waals surface area contributed by atoms with Gasteiger partial charge in [-0.1, -0.05) is 0 Å². The molecule has 0 spiro atoms. The Hall–Kier alpha value is -2.20. The Balaban J connectivity index is 2.41. The van der Waals surface area contributed by atoms with Crippen molar-refractivity contribution in [1.29, 1.82) is 0 Å². The van der Waals surface area contributed by atoms with E-state index in [4.69, 9.17) is 17.2 Å². The van der Waals surface area contributed by atoms with Crippen LogP contribution in [0.5, 0.6) is 0 Å². The predicted molar refractivity (Wildman–Crippen MR) is 76.0 cm³/mol. The zero-order valence-electron chi connectivity index (χ0n) is 11.6. The van der Waals surface area contributed by atoms with Crippen LogP contribution in [0.1, 0.15) is 19.3 Å². The van der Waals surface area contributed by atoms with Crippen molar-refractivity contribution in [3.05, 3.63) is 0 Å². The molecule has 1 aliphatic heterocycles. The van der Waals surface area contributed by atoms with Crippen LogP contribution in [0.2, 0.25) is 0 Å². The molecule has 1 aliphatic rings. The molecule has 1 rings (SSSR count). The zero-order chi connectivity index (χ0) is 15.8. The van der Waals surface area contributed by atoms with Gasteiger partial charge in [-0.05, 0) is 19.4 Å². The van der Waals surface area contributed by atoms with Crippen molar-refractivity contribution in [1.82, 2.24) is 16.0 Å². The summed E-state index contributed by atoms with van der Waals surface area (Å²) in [6, 6.07) is -1.92. The number of aliphatic imine (C=N–C) groups is 1. The van der Waals surface area contributed by atoms with Crippen molar-refractivity contribution in [3.63, 3.8) is 0 Å². The number of carbonyl (C=O) groups excluding carboxylic acids is 3. The maximum Gasteiger partial charge on any atom is 0.318 e. The Morgan fingerprint density at radius 1 is 1.48 bits per heavy atom. The molecule has 2 atom stereocenters. The lowest BCUT2D eigenvalue weighted by molar-refractivity contribution is -0.128. The first-order chi connectivity index (χ1) is 9.92. The van der Waals surface area contributed by atoms with Gasteiger partial charge < -0.3 is 22.5 Å². The summed E-state index contributed by atoms with van der Waals surface area (Å²) in [5.74, 6) is -0.837. The van der Waals surface area contributed by atoms with Crippen molar-refractivity contribution in [2.24, 2.45) is 22.2 Å². The number of urea groups is 1. The first-order valence-corrected chi connectivity index (χ1v) is 6.59. The highest BCUT2D eigenvalue weighted by atomic mass is 16.2. The van der Waals surface area contributed by atoms with Gasteiger partial charge in [0.2, 0.25) is 11.9 Å². The van der Waals surface area contributed by atoms with Gasteiger partial charge in [0, 0.05) is 12.5 Å². The van der Waals surface area contributed by atoms with Crippen molar-refractivity contribution in [2.45, 2.75) is 31.3 Å². The van der Waals surface area contributed by atoms with Gasteiger partial charge >= 0.3 is 6.03 Å². The third kappa shape index (κ3) is 6.19. The maximum absolute atomic E-state index is 11.7. The van der Waals surface area contributed by atoms with Crippen LogP contribution in [0.3, 0.4) is 0 Å². The van der Waals surface area contributed by atoms with Crippen LogP contribution in [-0.4, -0.2) is 49.0 Å². The zero-order valence-corrected chi connectivity index (χ0v) is 11.6. The van der Waals surface area contributed by atoms with Crippen LogP contribution in [0.25, 0.3) is 0 Å². The summed E-state index contributed by atoms with van der Waals surface area (Å²) in [5.41, 5.74) is 16.0. The third-order valence-corrected chi connectivity index (χ3v) is 2.79. The average molecular weight is 299 g/mol. The van der Waals surface area contributed by atoms with Crippen LogP contribution in [-0.2, 0) is 9.59 Å². The minimum absolute atomic E-state index is 0.0191. The second-order valence-corrected chi connectivity index (χ2v) is 4.68. The Labute approximate surface area is 121 Å². The quantitative estimate of drug-likeness (QED) is 0.307. The van der Waals surface area contributed by atoms with Gasteiger partial charge in [0.15, 0.2) is 0 Å². The summed E-state index contributed by atoms with van der Waals surface area (Å²) in [6.07, 6.45) is 1.50. The van der Waals surface area contributed by atoms with E-state index in [0.29, 0.717) is 13.0 Å². The molecular weight excluding hydrogens is 278 g/mol. The van der Waals surface area contributed by atoms with Gasteiger partial charge in [-0.3, -0.25) is 20.2 Å². The van der Waals surface area contributed by atoms with Gasteiger partial charge in [0.05, 0.1) is 6.54 Å². The largest absolute Gasteiger partial charge is 0.351 e. The molecule has 0 fully saturated rings. The number of nitrogens with two attached hydrogens (primary N) is 3. The van der Waals surface area contributed by atoms with Crippen molar-refractivity contribution in [2.75, 3.05) is 13.1 Å². The van der Waals surface area contributed by atoms with E-state index in [9.17, 15) is 14.4 Å². The molecule has 2 unspecified atom stereocenters. The fourth-order valence-electron chi connectivity index (χ4n) is 1.78. The Kier molecular flexibility index (Phi) is 6.56. The molecule has 9 N–H and O–H groups in total. The van der Waals surface area contributed by atoms with Crippen LogP contribution >= 0.6 is 0 Å². The number of hydrogen-bond acceptors (Lipinski definition) is 6. The molecule has 10 heteroatoms. The van der Waals surface area contributed by atoms with E-state index in [0.717, 1.165) is 6.42 Å². The summed E-state index contributed by atoms with van der Waals surface area (Å²) >= 11 is 0. The van der Waals surface area contributed by atoms with E-state index in [2.05, 4.69) is 20.9 Å². The van der Waals surface area contributed by atoms with E-state index in [1.807, 2.05) is 0 Å². The molecule has 0 aromatic heterocycles. The summed E-state index contributed by atoms with van der Waals surface area (Å²) in [7, 11) is 0. The maximum atomic E-state index is 11.7. The minimum Gasteiger partial charge on any atom is -0.351 e. The summed E-state index contributed by atoms with van der Waals surface area (Å²) in [6.45, 7) is 0.538. The molecular formula is C11H21N7O3. The van der Waals surface area contributed by atoms with E-state index < -0.39 is 18.0 Å². The molecule has 0 aliphatic carbocycles. The molecule has 0 aromatic carbocycles. The van der Waals surface area contributed by atoms with Crippen LogP contribution in [0, 0.1) is 0 Å². The number of carbonyl (C=O) groups is 3. The molecule has 0 saturated carbocycles. The molecule has 4 amide bonds. The smallest absolute Gasteiger partial charge is 0.318 e. The van der Waals surface area contributed by atoms with Crippen molar-refractivity contribution < 1.29 is 14.4 Å². The number of guanidine groups is 1. The number of hydrogen-bond donors (Lipinski definition) is 6. The summed E-state index contributed by atoms with van der Waals surface area (Å²) < 4.78 is 0. The Morgan fingerprint density at radius 2 is 2.19 bits per heavy atom. The van der Waals surface area contributed by atoms with Crippen molar-refractivity contribution >= 4 is 23.8 Å². The number of primary amides is 1. The minimum atomic E-state index is -0.831. The second kappa shape index (κ2) is 8.17. The van der Waals surface area contributed by atoms with E-state index in [1.54, 1.807) is 0 Å². The first-order valence-electron chi connectivity index (χ1n) is 6.59. The molecule has 10 nitrogen and oxygen atoms in total. The van der Waals surface area contributed by atoms with E-state index >= 15 is 0 Å². The normalized spacial score (nSPS) is 19.2. The lowest BCUT2D eigenvalue weighted by Gasteiger charge is -2.22. The van der Waals surface area contributed by atoms with Gasteiger partial charge in [-0.15, -0.1) is 0 Å². The molecule has 0 saturated heterocycles. The molecule has 21 heavy (non-hydrogen) atoms. The lowest BCUT2D eigenvalue weighted by atomic mass is 10.1. The van der Waals surface area contributed by atoms with Gasteiger partial charge in [-0.2, -0.15) is 0 Å². The second-order valence-electron chi connectivity index (χ2n) is 4.68. The van der Waals surface area contributed by atoms with E-state index in [-0.39, 0.29) is 30.9 Å². The van der Waals surface area contributed by atoms with Crippen LogP contribution < -0.4 is 33.2 Å². The van der Waals surface area contributed by atoms with Gasteiger partial charge in [0.1, 0.15) is 6.04 Å². The highest BCUT2D eigenvalue weighted by Gasteiger charge is 2.26. The number of nitrogens with zero attached hydrogens (tertiary/aromatic N) is 1. The van der Waals surface area contributed by atoms with Crippen molar-refractivity contribution in [3.8, 4) is 0 Å². The third-order valence-electron chi connectivity index (χ3n) is 2.79. The predicted octanol–water partition coefficient (Wildman–Crippen LogP) is -2.92. The van der Waals surface area contributed by atoms with Crippen LogP contribution in [0.4, 0.5) is 4.79 Å². The molecule has 0 radical (unpaired) electrons. The Bertz CT molecular complexity index is 438. The lowest BCUT2D eigenvalue weighted by Crippen LogP contribution is -2.58. The van der Waals surface area contributed by atoms with Gasteiger partial charge in [-0.25, -0.2) is 9.79 Å². The molecule has 1 heterocycles. The first kappa shape index (κ1) is 16.9.